The first-order valence-corrected chi connectivity index (χ1v) is 8.02. The largest absolute Gasteiger partial charge is 0.439 e. The van der Waals surface area contributed by atoms with Crippen molar-refractivity contribution in [2.45, 2.75) is 31.9 Å². The van der Waals surface area contributed by atoms with E-state index in [0.29, 0.717) is 23.4 Å². The lowest BCUT2D eigenvalue weighted by molar-refractivity contribution is 0.0852. The Morgan fingerprint density at radius 3 is 2.68 bits per heavy atom. The van der Waals surface area contributed by atoms with Gasteiger partial charge in [0.2, 0.25) is 5.89 Å². The summed E-state index contributed by atoms with van der Waals surface area (Å²) in [7, 11) is 1.99. The quantitative estimate of drug-likeness (QED) is 0.880. The number of aromatic nitrogens is 1. The van der Waals surface area contributed by atoms with Crippen molar-refractivity contribution < 1.29 is 9.52 Å². The van der Waals surface area contributed by atoms with E-state index < -0.39 is 0 Å². The minimum absolute atomic E-state index is 0.0226. The minimum atomic E-state index is -0.252. The van der Waals surface area contributed by atoms with Crippen LogP contribution in [0.5, 0.6) is 0 Å². The van der Waals surface area contributed by atoms with Crippen LogP contribution in [-0.4, -0.2) is 34.7 Å². The van der Waals surface area contributed by atoms with Gasteiger partial charge in [0.15, 0.2) is 5.76 Å². The average molecular weight is 321 g/mol. The number of hydrogen-bond acceptors (Lipinski definition) is 4. The molecule has 1 aliphatic carbocycles. The Labute approximate surface area is 135 Å². The van der Waals surface area contributed by atoms with Crippen LogP contribution in [0.25, 0.3) is 11.3 Å². The Hall–Kier alpha value is -1.36. The molecule has 22 heavy (non-hydrogen) atoms. The maximum Gasteiger partial charge on any atom is 0.211 e. The molecule has 1 aliphatic rings. The molecule has 1 N–H and O–H groups in total. The highest BCUT2D eigenvalue weighted by Gasteiger charge is 2.31. The van der Waals surface area contributed by atoms with Crippen LogP contribution in [0.1, 0.15) is 31.7 Å². The van der Waals surface area contributed by atoms with Gasteiger partial charge in [-0.1, -0.05) is 11.6 Å². The van der Waals surface area contributed by atoms with E-state index in [-0.39, 0.29) is 12.1 Å². The average Bonchev–Trinajstić information content (AvgIpc) is 3.25. The highest BCUT2D eigenvalue weighted by atomic mass is 35.5. The third-order valence-electron chi connectivity index (χ3n) is 4.31. The van der Waals surface area contributed by atoms with Gasteiger partial charge in [-0.3, -0.25) is 4.90 Å². The van der Waals surface area contributed by atoms with Crippen LogP contribution in [0.15, 0.2) is 34.9 Å². The molecule has 1 saturated carbocycles. The zero-order chi connectivity index (χ0) is 15.7. The number of hydrogen-bond donors (Lipinski definition) is 1. The molecule has 0 bridgehead atoms. The summed E-state index contributed by atoms with van der Waals surface area (Å²) in [5, 5.41) is 10.8. The van der Waals surface area contributed by atoms with Crippen LogP contribution >= 0.6 is 11.6 Å². The summed E-state index contributed by atoms with van der Waals surface area (Å²) < 4.78 is 5.87. The van der Waals surface area contributed by atoms with Gasteiger partial charge in [-0.05, 0) is 57.0 Å². The second-order valence-electron chi connectivity index (χ2n) is 6.09. The summed E-state index contributed by atoms with van der Waals surface area (Å²) in [4.78, 5) is 6.46. The molecule has 0 amide bonds. The predicted molar refractivity (Wildman–Crippen MR) is 86.7 cm³/mol. The van der Waals surface area contributed by atoms with E-state index in [0.717, 1.165) is 24.2 Å². The molecule has 2 aromatic rings. The summed E-state index contributed by atoms with van der Waals surface area (Å²) in [5.41, 5.74) is 0.955. The molecule has 1 fully saturated rings. The summed E-state index contributed by atoms with van der Waals surface area (Å²) in [6.45, 7) is 2.68. The summed E-state index contributed by atoms with van der Waals surface area (Å²) >= 11 is 5.90. The van der Waals surface area contributed by atoms with E-state index >= 15 is 0 Å². The molecule has 1 aromatic heterocycles. The smallest absolute Gasteiger partial charge is 0.211 e. The molecular formula is C17H21ClN2O2. The second-order valence-corrected chi connectivity index (χ2v) is 6.53. The second kappa shape index (κ2) is 6.41. The lowest BCUT2D eigenvalue weighted by Crippen LogP contribution is -2.32. The van der Waals surface area contributed by atoms with Gasteiger partial charge in [0.25, 0.3) is 0 Å². The van der Waals surface area contributed by atoms with Gasteiger partial charge >= 0.3 is 0 Å². The van der Waals surface area contributed by atoms with Crippen molar-refractivity contribution in [3.8, 4) is 11.3 Å². The molecule has 0 aliphatic heterocycles. The van der Waals surface area contributed by atoms with Crippen LogP contribution in [0, 0.1) is 5.92 Å². The van der Waals surface area contributed by atoms with E-state index in [4.69, 9.17) is 16.0 Å². The zero-order valence-electron chi connectivity index (χ0n) is 12.9. The molecule has 2 atom stereocenters. The predicted octanol–water partition coefficient (Wildman–Crippen LogP) is 3.76. The van der Waals surface area contributed by atoms with Crippen LogP contribution < -0.4 is 0 Å². The number of aliphatic hydroxyl groups excluding tert-OH is 1. The summed E-state index contributed by atoms with van der Waals surface area (Å²) in [6, 6.07) is 7.52. The number of aliphatic hydroxyl groups is 1. The third kappa shape index (κ3) is 3.51. The summed E-state index contributed by atoms with van der Waals surface area (Å²) in [5.74, 6) is 1.87. The molecule has 5 heteroatoms. The van der Waals surface area contributed by atoms with Crippen LogP contribution in [0.4, 0.5) is 0 Å². The van der Waals surface area contributed by atoms with E-state index in [2.05, 4.69) is 9.88 Å². The molecular weight excluding hydrogens is 300 g/mol. The molecule has 1 heterocycles. The molecule has 0 saturated heterocycles. The molecule has 1 aromatic carbocycles. The topological polar surface area (TPSA) is 49.5 Å². The molecule has 0 radical (unpaired) electrons. The number of rotatable bonds is 6. The number of oxazole rings is 1. The Morgan fingerprint density at radius 1 is 1.36 bits per heavy atom. The molecule has 2 unspecified atom stereocenters. The van der Waals surface area contributed by atoms with Gasteiger partial charge < -0.3 is 9.52 Å². The van der Waals surface area contributed by atoms with Crippen molar-refractivity contribution in [2.75, 3.05) is 13.6 Å². The number of benzene rings is 1. The van der Waals surface area contributed by atoms with E-state index in [1.54, 1.807) is 6.20 Å². The van der Waals surface area contributed by atoms with Crippen molar-refractivity contribution in [1.82, 2.24) is 9.88 Å². The van der Waals surface area contributed by atoms with E-state index in [1.165, 1.54) is 0 Å². The minimum Gasteiger partial charge on any atom is -0.439 e. The van der Waals surface area contributed by atoms with Crippen molar-refractivity contribution >= 4 is 11.6 Å². The maximum absolute atomic E-state index is 10.1. The SMILES string of the molecule is CC(c1ncc(-c2ccc(Cl)cc2)o1)N(C)CC(O)C1CC1. The molecule has 118 valence electrons. The number of likely N-dealkylation sites (N-methyl/N-ethyl adjacent to an activating group) is 1. The Kier molecular flexibility index (Phi) is 4.52. The Bertz CT molecular complexity index is 622. The van der Waals surface area contributed by atoms with Gasteiger partial charge in [-0.2, -0.15) is 0 Å². The Balaban J connectivity index is 1.67. The highest BCUT2D eigenvalue weighted by Crippen LogP contribution is 2.34. The fraction of sp³-hybridized carbons (Fsp3) is 0.471. The summed E-state index contributed by atoms with van der Waals surface area (Å²) in [6.07, 6.45) is 3.77. The van der Waals surface area contributed by atoms with Crippen molar-refractivity contribution in [3.05, 3.63) is 41.4 Å². The van der Waals surface area contributed by atoms with Gasteiger partial charge in [-0.25, -0.2) is 4.98 Å². The van der Waals surface area contributed by atoms with Crippen LogP contribution in [-0.2, 0) is 0 Å². The Morgan fingerprint density at radius 2 is 2.05 bits per heavy atom. The van der Waals surface area contributed by atoms with E-state index in [1.807, 2.05) is 38.2 Å². The third-order valence-corrected chi connectivity index (χ3v) is 4.56. The fourth-order valence-corrected chi connectivity index (χ4v) is 2.63. The van der Waals surface area contributed by atoms with Crippen molar-refractivity contribution in [3.63, 3.8) is 0 Å². The first-order chi connectivity index (χ1) is 10.5. The molecule has 0 spiro atoms. The lowest BCUT2D eigenvalue weighted by Gasteiger charge is -2.24. The number of halogens is 1. The van der Waals surface area contributed by atoms with Crippen molar-refractivity contribution in [2.24, 2.45) is 5.92 Å². The van der Waals surface area contributed by atoms with Gasteiger partial charge in [0.1, 0.15) is 0 Å². The normalized spacial score (nSPS) is 17.7. The maximum atomic E-state index is 10.1. The van der Waals surface area contributed by atoms with Gasteiger partial charge in [0.05, 0.1) is 18.3 Å². The fourth-order valence-electron chi connectivity index (χ4n) is 2.50. The monoisotopic (exact) mass is 320 g/mol. The molecule has 4 nitrogen and oxygen atoms in total. The number of nitrogens with zero attached hydrogens (tertiary/aromatic N) is 2. The zero-order valence-corrected chi connectivity index (χ0v) is 13.6. The first-order valence-electron chi connectivity index (χ1n) is 7.64. The van der Waals surface area contributed by atoms with Crippen LogP contribution in [0.3, 0.4) is 0 Å². The molecule has 3 rings (SSSR count). The standard InChI is InChI=1S/C17H21ClN2O2/c1-11(20(2)10-15(21)12-3-4-12)17-19-9-16(22-17)13-5-7-14(18)8-6-13/h5-9,11-12,15,21H,3-4,10H2,1-2H3. The lowest BCUT2D eigenvalue weighted by atomic mass is 10.2. The highest BCUT2D eigenvalue weighted by molar-refractivity contribution is 6.30. The van der Waals surface area contributed by atoms with Gasteiger partial charge in [-0.15, -0.1) is 0 Å². The van der Waals surface area contributed by atoms with E-state index in [9.17, 15) is 5.11 Å². The van der Waals surface area contributed by atoms with Gasteiger partial charge in [0, 0.05) is 17.1 Å². The first kappa shape index (κ1) is 15.5. The van der Waals surface area contributed by atoms with Crippen molar-refractivity contribution in [1.29, 1.82) is 0 Å². The van der Waals surface area contributed by atoms with Crippen LogP contribution in [0.2, 0.25) is 5.02 Å².